The first kappa shape index (κ1) is 11.2. The summed E-state index contributed by atoms with van der Waals surface area (Å²) >= 11 is 5.92. The fraction of sp³-hybridized carbons (Fsp3) is 0.250. The van der Waals surface area contributed by atoms with Gasteiger partial charge in [0.25, 0.3) is 0 Å². The second-order valence-electron chi connectivity index (χ2n) is 4.19. The molecule has 1 aliphatic carbocycles. The van der Waals surface area contributed by atoms with E-state index in [0.29, 0.717) is 11.6 Å². The number of rotatable bonds is 2. The van der Waals surface area contributed by atoms with E-state index in [0.717, 1.165) is 36.3 Å². The van der Waals surface area contributed by atoms with Crippen molar-refractivity contribution in [1.82, 2.24) is 15.0 Å². The Bertz CT molecular complexity index is 599. The SMILES string of the molecule is Nc1cccc(Nc2nc(Cl)nc3c2CCC3)n1. The first-order chi connectivity index (χ1) is 8.72. The third-order valence-corrected chi connectivity index (χ3v) is 3.09. The zero-order valence-electron chi connectivity index (χ0n) is 9.65. The van der Waals surface area contributed by atoms with E-state index in [1.165, 1.54) is 0 Å². The molecule has 3 rings (SSSR count). The lowest BCUT2D eigenvalue weighted by atomic mass is 10.2. The van der Waals surface area contributed by atoms with Crippen LogP contribution in [0.4, 0.5) is 17.5 Å². The van der Waals surface area contributed by atoms with Crippen LogP contribution in [-0.4, -0.2) is 15.0 Å². The maximum atomic E-state index is 5.92. The van der Waals surface area contributed by atoms with Gasteiger partial charge in [-0.1, -0.05) is 6.07 Å². The highest BCUT2D eigenvalue weighted by Crippen LogP contribution is 2.29. The van der Waals surface area contributed by atoms with Gasteiger partial charge in [-0.3, -0.25) is 0 Å². The molecule has 2 aromatic rings. The number of anilines is 3. The quantitative estimate of drug-likeness (QED) is 0.812. The van der Waals surface area contributed by atoms with E-state index in [1.807, 2.05) is 12.1 Å². The number of aryl methyl sites for hydroxylation is 1. The molecule has 0 aromatic carbocycles. The summed E-state index contributed by atoms with van der Waals surface area (Å²) in [5.41, 5.74) is 7.80. The van der Waals surface area contributed by atoms with Crippen LogP contribution in [0.2, 0.25) is 5.28 Å². The van der Waals surface area contributed by atoms with Crippen molar-refractivity contribution in [3.8, 4) is 0 Å². The third-order valence-electron chi connectivity index (χ3n) is 2.92. The Morgan fingerprint density at radius 1 is 1.17 bits per heavy atom. The number of aromatic nitrogens is 3. The number of halogens is 1. The van der Waals surface area contributed by atoms with Crippen molar-refractivity contribution in [3.05, 3.63) is 34.7 Å². The smallest absolute Gasteiger partial charge is 0.224 e. The van der Waals surface area contributed by atoms with E-state index in [1.54, 1.807) is 6.07 Å². The van der Waals surface area contributed by atoms with Gasteiger partial charge in [-0.05, 0) is 43.0 Å². The number of nitrogen functional groups attached to an aromatic ring is 1. The molecule has 0 bridgehead atoms. The van der Waals surface area contributed by atoms with Crippen LogP contribution in [0.25, 0.3) is 0 Å². The molecule has 0 atom stereocenters. The van der Waals surface area contributed by atoms with Crippen molar-refractivity contribution < 1.29 is 0 Å². The van der Waals surface area contributed by atoms with Crippen LogP contribution in [0.1, 0.15) is 17.7 Å². The van der Waals surface area contributed by atoms with Crippen molar-refractivity contribution in [3.63, 3.8) is 0 Å². The Morgan fingerprint density at radius 3 is 2.89 bits per heavy atom. The molecular weight excluding hydrogens is 250 g/mol. The molecule has 2 aromatic heterocycles. The average molecular weight is 262 g/mol. The van der Waals surface area contributed by atoms with Gasteiger partial charge in [0.15, 0.2) is 0 Å². The van der Waals surface area contributed by atoms with Gasteiger partial charge in [0.05, 0.1) is 5.69 Å². The summed E-state index contributed by atoms with van der Waals surface area (Å²) in [6, 6.07) is 5.42. The molecule has 6 heteroatoms. The number of pyridine rings is 1. The Morgan fingerprint density at radius 2 is 2.06 bits per heavy atom. The molecule has 92 valence electrons. The van der Waals surface area contributed by atoms with Crippen LogP contribution in [0, 0.1) is 0 Å². The summed E-state index contributed by atoms with van der Waals surface area (Å²) < 4.78 is 0. The standard InChI is InChI=1S/C12H12ClN5/c13-12-15-8-4-1-3-7(8)11(18-12)17-10-6-2-5-9(14)16-10/h2,5-6H,1,3-4H2,(H3,14,15,16,17,18). The molecule has 0 saturated heterocycles. The number of nitrogens with two attached hydrogens (primary N) is 1. The molecule has 0 spiro atoms. The summed E-state index contributed by atoms with van der Waals surface area (Å²) in [5, 5.41) is 3.43. The molecule has 0 fully saturated rings. The van der Waals surface area contributed by atoms with Gasteiger partial charge >= 0.3 is 0 Å². The summed E-state index contributed by atoms with van der Waals surface area (Å²) in [4.78, 5) is 12.7. The number of hydrogen-bond acceptors (Lipinski definition) is 5. The molecule has 0 radical (unpaired) electrons. The van der Waals surface area contributed by atoms with Crippen LogP contribution in [0.5, 0.6) is 0 Å². The van der Waals surface area contributed by atoms with E-state index >= 15 is 0 Å². The van der Waals surface area contributed by atoms with Gasteiger partial charge in [-0.25, -0.2) is 15.0 Å². The van der Waals surface area contributed by atoms with E-state index in [9.17, 15) is 0 Å². The zero-order chi connectivity index (χ0) is 12.5. The molecule has 5 nitrogen and oxygen atoms in total. The van der Waals surface area contributed by atoms with E-state index in [2.05, 4.69) is 20.3 Å². The first-order valence-electron chi connectivity index (χ1n) is 5.77. The normalized spacial score (nSPS) is 13.4. The fourth-order valence-electron chi connectivity index (χ4n) is 2.15. The average Bonchev–Trinajstić information content (AvgIpc) is 2.77. The molecule has 0 unspecified atom stereocenters. The zero-order valence-corrected chi connectivity index (χ0v) is 10.4. The van der Waals surface area contributed by atoms with Crippen LogP contribution in [-0.2, 0) is 12.8 Å². The van der Waals surface area contributed by atoms with E-state index < -0.39 is 0 Å². The van der Waals surface area contributed by atoms with Gasteiger partial charge in [-0.15, -0.1) is 0 Å². The minimum Gasteiger partial charge on any atom is -0.384 e. The number of hydrogen-bond donors (Lipinski definition) is 2. The highest BCUT2D eigenvalue weighted by Gasteiger charge is 2.19. The predicted octanol–water partition coefficient (Wildman–Crippen LogP) is 2.34. The van der Waals surface area contributed by atoms with Gasteiger partial charge < -0.3 is 11.1 Å². The lowest BCUT2D eigenvalue weighted by Gasteiger charge is -2.09. The minimum atomic E-state index is 0.266. The van der Waals surface area contributed by atoms with Crippen molar-refractivity contribution in [2.24, 2.45) is 0 Å². The highest BCUT2D eigenvalue weighted by atomic mass is 35.5. The summed E-state index contributed by atoms with van der Waals surface area (Å²) in [6.07, 6.45) is 3.01. The Kier molecular flexibility index (Phi) is 2.76. The number of nitrogens with one attached hydrogen (secondary N) is 1. The van der Waals surface area contributed by atoms with Crippen molar-refractivity contribution >= 4 is 29.1 Å². The second kappa shape index (κ2) is 4.42. The predicted molar refractivity (Wildman–Crippen MR) is 71.0 cm³/mol. The Hall–Kier alpha value is -1.88. The maximum absolute atomic E-state index is 5.92. The molecule has 3 N–H and O–H groups in total. The number of fused-ring (bicyclic) bond motifs is 1. The third kappa shape index (κ3) is 2.09. The van der Waals surface area contributed by atoms with E-state index in [4.69, 9.17) is 17.3 Å². The lowest BCUT2D eigenvalue weighted by molar-refractivity contribution is 0.899. The molecule has 2 heterocycles. The highest BCUT2D eigenvalue weighted by molar-refractivity contribution is 6.28. The molecule has 18 heavy (non-hydrogen) atoms. The van der Waals surface area contributed by atoms with Crippen LogP contribution < -0.4 is 11.1 Å². The Balaban J connectivity index is 1.98. The summed E-state index contributed by atoms with van der Waals surface area (Å²) in [7, 11) is 0. The topological polar surface area (TPSA) is 76.7 Å². The van der Waals surface area contributed by atoms with Crippen molar-refractivity contribution in [1.29, 1.82) is 0 Å². The Labute approximate surface area is 109 Å². The molecule has 1 aliphatic rings. The van der Waals surface area contributed by atoms with Crippen molar-refractivity contribution in [2.75, 3.05) is 11.1 Å². The van der Waals surface area contributed by atoms with Crippen LogP contribution >= 0.6 is 11.6 Å². The van der Waals surface area contributed by atoms with Gasteiger partial charge in [-0.2, -0.15) is 0 Å². The van der Waals surface area contributed by atoms with Crippen LogP contribution in [0.3, 0.4) is 0 Å². The van der Waals surface area contributed by atoms with Crippen LogP contribution in [0.15, 0.2) is 18.2 Å². The largest absolute Gasteiger partial charge is 0.384 e. The minimum absolute atomic E-state index is 0.266. The second-order valence-corrected chi connectivity index (χ2v) is 4.53. The monoisotopic (exact) mass is 261 g/mol. The van der Waals surface area contributed by atoms with Gasteiger partial charge in [0, 0.05) is 5.56 Å². The molecular formula is C12H12ClN5. The summed E-state index contributed by atoms with van der Waals surface area (Å²) in [6.45, 7) is 0. The number of nitrogens with zero attached hydrogens (tertiary/aromatic N) is 3. The van der Waals surface area contributed by atoms with Crippen molar-refractivity contribution in [2.45, 2.75) is 19.3 Å². The maximum Gasteiger partial charge on any atom is 0.224 e. The van der Waals surface area contributed by atoms with Gasteiger partial charge in [0.2, 0.25) is 5.28 Å². The first-order valence-corrected chi connectivity index (χ1v) is 6.15. The summed E-state index contributed by atoms with van der Waals surface area (Å²) in [5.74, 6) is 1.87. The molecule has 0 amide bonds. The lowest BCUT2D eigenvalue weighted by Crippen LogP contribution is -2.03. The van der Waals surface area contributed by atoms with E-state index in [-0.39, 0.29) is 5.28 Å². The molecule has 0 saturated carbocycles. The van der Waals surface area contributed by atoms with Gasteiger partial charge in [0.1, 0.15) is 17.5 Å². The fourth-order valence-corrected chi connectivity index (χ4v) is 2.33. The molecule has 0 aliphatic heterocycles.